The van der Waals surface area contributed by atoms with Crippen molar-refractivity contribution < 1.29 is 30.0 Å². The van der Waals surface area contributed by atoms with Gasteiger partial charge in [-0.1, -0.05) is 121 Å². The van der Waals surface area contributed by atoms with Gasteiger partial charge in [-0.05, 0) is 88.8 Å². The molecule has 0 bridgehead atoms. The van der Waals surface area contributed by atoms with E-state index in [1.165, 1.54) is 92.1 Å². The molecule has 2 heterocycles. The number of benzene rings is 4. The average Bonchev–Trinajstić information content (AvgIpc) is 3.94. The number of aromatic nitrogens is 1. The van der Waals surface area contributed by atoms with E-state index in [4.69, 9.17) is 4.98 Å². The van der Waals surface area contributed by atoms with Crippen molar-refractivity contribution in [1.29, 1.82) is 0 Å². The van der Waals surface area contributed by atoms with Crippen LogP contribution in [0.4, 0.5) is 0 Å². The molecule has 3 aliphatic rings. The Morgan fingerprint density at radius 2 is 1.49 bits per heavy atom. The Morgan fingerprint density at radius 3 is 2.20 bits per heavy atom. The minimum atomic E-state index is 0. The van der Waals surface area contributed by atoms with E-state index in [1.54, 1.807) is 5.56 Å². The quantitative estimate of drug-likeness (QED) is 0.109. The molecule has 1 N–H and O–H groups in total. The molecule has 3 nitrogen and oxygen atoms in total. The number of allylic oxidation sites excluding steroid dienone is 2. The summed E-state index contributed by atoms with van der Waals surface area (Å²) in [5.74, 6) is 0.991. The fourth-order valence-electron chi connectivity index (χ4n) is 9.63. The Hall–Kier alpha value is -3.37. The van der Waals surface area contributed by atoms with Crippen LogP contribution in [0.5, 0.6) is 0 Å². The van der Waals surface area contributed by atoms with Gasteiger partial charge < -0.3 is 5.11 Å². The van der Waals surface area contributed by atoms with Crippen LogP contribution < -0.4 is 0 Å². The van der Waals surface area contributed by atoms with Gasteiger partial charge in [-0.3, -0.25) is 9.78 Å². The summed E-state index contributed by atoms with van der Waals surface area (Å²) >= 11 is 1.98. The number of hydrogen-bond acceptors (Lipinski definition) is 4. The van der Waals surface area contributed by atoms with Crippen LogP contribution in [-0.2, 0) is 41.1 Å². The number of pyridine rings is 1. The standard InChI is InChI=1S/C37H36NS.C13H20O2.Ir/c1-35(2,3)30-19-24(18-22-10-8-9-11-25(22)30)33-27-21-28-26-12-13-29-32(37(6,7)16-15-36(29,4)5)34(26)39-31(28)20-23(27)14-17-38-33;14-12(10-5-1-2-6-10)9-13(15)11-7-3-4-8-11;/h8-14,17,19-21H,15-16H2,1-7H3;9-11,14H,1-8H2;/q-1;;/b;12-9-;. The van der Waals surface area contributed by atoms with E-state index in [1.807, 2.05) is 17.5 Å². The Labute approximate surface area is 345 Å². The second-order valence-electron chi connectivity index (χ2n) is 18.8. The molecule has 0 atom stereocenters. The minimum Gasteiger partial charge on any atom is -0.512 e. The van der Waals surface area contributed by atoms with E-state index in [2.05, 4.69) is 115 Å². The summed E-state index contributed by atoms with van der Waals surface area (Å²) in [7, 11) is 0. The molecule has 2 aromatic heterocycles. The first-order valence-corrected chi connectivity index (χ1v) is 21.2. The van der Waals surface area contributed by atoms with Gasteiger partial charge in [-0.15, -0.1) is 40.5 Å². The second-order valence-corrected chi connectivity index (χ2v) is 19.8. The molecule has 55 heavy (non-hydrogen) atoms. The summed E-state index contributed by atoms with van der Waals surface area (Å²) in [6, 6.07) is 26.4. The van der Waals surface area contributed by atoms with E-state index in [9.17, 15) is 9.90 Å². The molecule has 289 valence electrons. The van der Waals surface area contributed by atoms with Gasteiger partial charge in [0.2, 0.25) is 0 Å². The van der Waals surface area contributed by atoms with E-state index < -0.39 is 0 Å². The summed E-state index contributed by atoms with van der Waals surface area (Å²) in [5.41, 5.74) is 6.94. The molecule has 2 fully saturated rings. The number of thiophene rings is 1. The molecule has 2 saturated carbocycles. The van der Waals surface area contributed by atoms with Gasteiger partial charge in [0.25, 0.3) is 0 Å². The third kappa shape index (κ3) is 7.59. The van der Waals surface area contributed by atoms with E-state index in [0.717, 1.165) is 42.3 Å². The van der Waals surface area contributed by atoms with Crippen molar-refractivity contribution in [3.63, 3.8) is 0 Å². The summed E-state index contributed by atoms with van der Waals surface area (Å²) in [5, 5.41) is 17.4. The van der Waals surface area contributed by atoms with Crippen molar-refractivity contribution in [2.75, 3.05) is 0 Å². The monoisotopic (exact) mass is 927 g/mol. The first kappa shape index (κ1) is 39.8. The number of hydrogen-bond donors (Lipinski definition) is 1. The predicted molar refractivity (Wildman–Crippen MR) is 230 cm³/mol. The van der Waals surface area contributed by atoms with Gasteiger partial charge in [0.05, 0.1) is 5.76 Å². The van der Waals surface area contributed by atoms with Crippen LogP contribution in [0.1, 0.15) is 129 Å². The van der Waals surface area contributed by atoms with Crippen molar-refractivity contribution >= 4 is 58.8 Å². The van der Waals surface area contributed by atoms with Crippen LogP contribution in [0.2, 0.25) is 0 Å². The van der Waals surface area contributed by atoms with Crippen LogP contribution in [-0.4, -0.2) is 15.9 Å². The molecule has 5 heteroatoms. The van der Waals surface area contributed by atoms with Crippen molar-refractivity contribution in [3.8, 4) is 11.3 Å². The van der Waals surface area contributed by atoms with Crippen LogP contribution in [0.3, 0.4) is 0 Å². The Balaban J connectivity index is 0.000000245. The number of aliphatic hydroxyl groups excluding tert-OH is 1. The van der Waals surface area contributed by atoms with Gasteiger partial charge in [0.1, 0.15) is 0 Å². The summed E-state index contributed by atoms with van der Waals surface area (Å²) in [4.78, 5) is 16.7. The molecular weight excluding hydrogens is 871 g/mol. The molecule has 3 aliphatic carbocycles. The smallest absolute Gasteiger partial charge is 0.162 e. The Kier molecular flexibility index (Phi) is 11.0. The Bertz CT molecular complexity index is 2430. The van der Waals surface area contributed by atoms with E-state index in [-0.39, 0.29) is 54.0 Å². The summed E-state index contributed by atoms with van der Waals surface area (Å²) < 4.78 is 2.83. The molecule has 4 aromatic carbocycles. The van der Waals surface area contributed by atoms with E-state index in [0.29, 0.717) is 5.76 Å². The molecule has 9 rings (SSSR count). The van der Waals surface area contributed by atoms with Crippen LogP contribution in [0.15, 0.2) is 78.7 Å². The summed E-state index contributed by atoms with van der Waals surface area (Å²) in [6.45, 7) is 16.6. The SMILES string of the molecule is CC(C)(C)c1cc(-c2nccc3cc4sc5c6c(ccc5c4cc23)C(C)(C)CCC6(C)C)[c-]c2ccccc12.O=C(/C=C(\O)C1CCCC1)C1CCCC1.[Ir]. The third-order valence-electron chi connectivity index (χ3n) is 13.0. The van der Waals surface area contributed by atoms with Crippen molar-refractivity contribution in [1.82, 2.24) is 4.98 Å². The van der Waals surface area contributed by atoms with Crippen LogP contribution in [0.25, 0.3) is 53.0 Å². The number of aliphatic hydroxyl groups is 1. The number of ketones is 1. The van der Waals surface area contributed by atoms with Crippen molar-refractivity contribution in [3.05, 3.63) is 101 Å². The largest absolute Gasteiger partial charge is 0.512 e. The molecule has 0 aliphatic heterocycles. The zero-order valence-corrected chi connectivity index (χ0v) is 36.9. The van der Waals surface area contributed by atoms with Gasteiger partial charge in [0, 0.05) is 70.1 Å². The van der Waals surface area contributed by atoms with Gasteiger partial charge >= 0.3 is 0 Å². The topological polar surface area (TPSA) is 50.2 Å². The normalized spacial score (nSPS) is 18.7. The predicted octanol–water partition coefficient (Wildman–Crippen LogP) is 14.2. The molecule has 0 spiro atoms. The number of nitrogens with zero attached hydrogens (tertiary/aromatic N) is 1. The van der Waals surface area contributed by atoms with Gasteiger partial charge in [-0.25, -0.2) is 0 Å². The van der Waals surface area contributed by atoms with Crippen LogP contribution >= 0.6 is 11.3 Å². The van der Waals surface area contributed by atoms with Crippen molar-refractivity contribution in [2.45, 2.75) is 129 Å². The first-order chi connectivity index (χ1) is 25.7. The number of rotatable bonds is 4. The first-order valence-electron chi connectivity index (χ1n) is 20.4. The fourth-order valence-corrected chi connectivity index (χ4v) is 11.1. The van der Waals surface area contributed by atoms with Gasteiger partial charge in [-0.2, -0.15) is 0 Å². The number of fused-ring (bicyclic) bond motifs is 7. The average molecular weight is 927 g/mol. The number of carbonyl (C=O) groups excluding carboxylic acids is 1. The molecule has 0 amide bonds. The number of carbonyl (C=O) groups is 1. The minimum absolute atomic E-state index is 0. The molecule has 0 unspecified atom stereocenters. The van der Waals surface area contributed by atoms with Gasteiger partial charge in [0.15, 0.2) is 5.78 Å². The molecule has 6 aromatic rings. The zero-order chi connectivity index (χ0) is 38.0. The Morgan fingerprint density at radius 1 is 0.818 bits per heavy atom. The maximum absolute atomic E-state index is 11.8. The molecular formula is C50H56IrNO2S-. The maximum atomic E-state index is 11.8. The van der Waals surface area contributed by atoms with Crippen LogP contribution in [0, 0.1) is 17.9 Å². The zero-order valence-electron chi connectivity index (χ0n) is 33.7. The molecule has 1 radical (unpaired) electrons. The summed E-state index contributed by atoms with van der Waals surface area (Å²) in [6.07, 6.45) is 14.8. The fraction of sp³-hybridized carbons (Fsp3) is 0.440. The van der Waals surface area contributed by atoms with E-state index >= 15 is 0 Å². The molecule has 0 saturated heterocycles. The second kappa shape index (κ2) is 15.2. The maximum Gasteiger partial charge on any atom is 0.162 e. The third-order valence-corrected chi connectivity index (χ3v) is 14.2. The van der Waals surface area contributed by atoms with Crippen molar-refractivity contribution in [2.24, 2.45) is 11.8 Å².